The van der Waals surface area contributed by atoms with Crippen LogP contribution in [-0.4, -0.2) is 25.4 Å². The minimum atomic E-state index is 0.199. The van der Waals surface area contributed by atoms with E-state index in [1.54, 1.807) is 0 Å². The molecule has 2 heteroatoms. The molecule has 0 saturated carbocycles. The predicted octanol–water partition coefficient (Wildman–Crippen LogP) is 1.40. The Morgan fingerprint density at radius 1 is 1.60 bits per heavy atom. The van der Waals surface area contributed by atoms with E-state index in [9.17, 15) is 0 Å². The van der Waals surface area contributed by atoms with Crippen LogP contribution in [0.25, 0.3) is 0 Å². The second-order valence-corrected chi connectivity index (χ2v) is 2.62. The van der Waals surface area contributed by atoms with Gasteiger partial charge in [0.15, 0.2) is 0 Å². The SMILES string of the molecule is [CH2]C1CCC(COCC)O1. The summed E-state index contributed by atoms with van der Waals surface area (Å²) < 4.78 is 10.6. The zero-order valence-corrected chi connectivity index (χ0v) is 6.51. The molecule has 2 atom stereocenters. The summed E-state index contributed by atoms with van der Waals surface area (Å²) in [5, 5.41) is 0. The number of ether oxygens (including phenoxy) is 2. The lowest BCUT2D eigenvalue weighted by molar-refractivity contribution is 0.00140. The summed E-state index contributed by atoms with van der Waals surface area (Å²) in [7, 11) is 0. The van der Waals surface area contributed by atoms with E-state index in [1.807, 2.05) is 6.92 Å². The molecule has 10 heavy (non-hydrogen) atoms. The molecule has 2 nitrogen and oxygen atoms in total. The fourth-order valence-corrected chi connectivity index (χ4v) is 1.15. The van der Waals surface area contributed by atoms with Gasteiger partial charge in [0.25, 0.3) is 0 Å². The molecule has 2 unspecified atom stereocenters. The fraction of sp³-hybridized carbons (Fsp3) is 0.875. The lowest BCUT2D eigenvalue weighted by atomic mass is 10.2. The first-order valence-electron chi connectivity index (χ1n) is 3.89. The predicted molar refractivity (Wildman–Crippen MR) is 39.7 cm³/mol. The molecule has 59 valence electrons. The van der Waals surface area contributed by atoms with Crippen LogP contribution < -0.4 is 0 Å². The molecule has 0 bridgehead atoms. The highest BCUT2D eigenvalue weighted by atomic mass is 16.5. The topological polar surface area (TPSA) is 18.5 Å². The van der Waals surface area contributed by atoms with Crippen LogP contribution in [0.5, 0.6) is 0 Å². The van der Waals surface area contributed by atoms with Gasteiger partial charge < -0.3 is 9.47 Å². The molecule has 0 aliphatic carbocycles. The van der Waals surface area contributed by atoms with Crippen LogP contribution in [-0.2, 0) is 9.47 Å². The molecule has 1 rings (SSSR count). The molecule has 1 aliphatic heterocycles. The Hall–Kier alpha value is -0.0800. The van der Waals surface area contributed by atoms with Crippen molar-refractivity contribution in [2.75, 3.05) is 13.2 Å². The van der Waals surface area contributed by atoms with Crippen LogP contribution in [0, 0.1) is 6.92 Å². The standard InChI is InChI=1S/C8H15O2/c1-3-9-6-8-5-4-7(2)10-8/h7-8H,2-6H2,1H3. The van der Waals surface area contributed by atoms with Crippen LogP contribution in [0.4, 0.5) is 0 Å². The summed E-state index contributed by atoms with van der Waals surface area (Å²) in [5.41, 5.74) is 0. The molecular weight excluding hydrogens is 128 g/mol. The summed E-state index contributed by atoms with van der Waals surface area (Å²) in [6.45, 7) is 7.33. The van der Waals surface area contributed by atoms with Gasteiger partial charge in [-0.05, 0) is 26.7 Å². The second kappa shape index (κ2) is 3.94. The zero-order valence-electron chi connectivity index (χ0n) is 6.51. The first-order valence-corrected chi connectivity index (χ1v) is 3.89. The minimum absolute atomic E-state index is 0.199. The summed E-state index contributed by atoms with van der Waals surface area (Å²) in [6.07, 6.45) is 2.69. The van der Waals surface area contributed by atoms with Gasteiger partial charge >= 0.3 is 0 Å². The van der Waals surface area contributed by atoms with Gasteiger partial charge in [0.05, 0.1) is 18.8 Å². The van der Waals surface area contributed by atoms with Gasteiger partial charge in [-0.15, -0.1) is 0 Å². The highest BCUT2D eigenvalue weighted by molar-refractivity contribution is 4.74. The molecule has 1 aliphatic rings. The molecule has 0 amide bonds. The highest BCUT2D eigenvalue weighted by Gasteiger charge is 2.21. The molecule has 0 aromatic heterocycles. The Labute approximate surface area is 62.5 Å². The Balaban J connectivity index is 2.06. The Kier molecular flexibility index (Phi) is 3.16. The third-order valence-corrected chi connectivity index (χ3v) is 1.70. The third kappa shape index (κ3) is 2.27. The molecule has 0 spiro atoms. The summed E-state index contributed by atoms with van der Waals surface area (Å²) in [5.74, 6) is 0. The second-order valence-electron chi connectivity index (χ2n) is 2.62. The van der Waals surface area contributed by atoms with Crippen molar-refractivity contribution >= 4 is 0 Å². The van der Waals surface area contributed by atoms with E-state index >= 15 is 0 Å². The van der Waals surface area contributed by atoms with Crippen molar-refractivity contribution in [2.24, 2.45) is 0 Å². The average molecular weight is 143 g/mol. The molecule has 1 radical (unpaired) electrons. The van der Waals surface area contributed by atoms with Crippen LogP contribution in [0.15, 0.2) is 0 Å². The van der Waals surface area contributed by atoms with E-state index in [4.69, 9.17) is 9.47 Å². The van der Waals surface area contributed by atoms with Gasteiger partial charge in [-0.3, -0.25) is 0 Å². The molecule has 1 saturated heterocycles. The van der Waals surface area contributed by atoms with Crippen LogP contribution in [0.2, 0.25) is 0 Å². The molecule has 0 aromatic rings. The zero-order chi connectivity index (χ0) is 7.40. The molecule has 1 fully saturated rings. The van der Waals surface area contributed by atoms with Crippen molar-refractivity contribution < 1.29 is 9.47 Å². The molecule has 0 aromatic carbocycles. The van der Waals surface area contributed by atoms with E-state index in [1.165, 1.54) is 0 Å². The molecule has 0 N–H and O–H groups in total. The van der Waals surface area contributed by atoms with Gasteiger partial charge in [0, 0.05) is 6.61 Å². The first kappa shape index (κ1) is 8.02. The quantitative estimate of drug-likeness (QED) is 0.594. The largest absolute Gasteiger partial charge is 0.379 e. The summed E-state index contributed by atoms with van der Waals surface area (Å²) >= 11 is 0. The Bertz CT molecular complexity index is 93.3. The van der Waals surface area contributed by atoms with Crippen molar-refractivity contribution in [3.63, 3.8) is 0 Å². The monoisotopic (exact) mass is 143 g/mol. The highest BCUT2D eigenvalue weighted by Crippen LogP contribution is 2.18. The maximum absolute atomic E-state index is 5.43. The van der Waals surface area contributed by atoms with Gasteiger partial charge in [-0.2, -0.15) is 0 Å². The van der Waals surface area contributed by atoms with Gasteiger partial charge in [0.2, 0.25) is 0 Å². The van der Waals surface area contributed by atoms with E-state index < -0.39 is 0 Å². The normalized spacial score (nSPS) is 33.0. The van der Waals surface area contributed by atoms with Crippen molar-refractivity contribution in [3.05, 3.63) is 6.92 Å². The van der Waals surface area contributed by atoms with Gasteiger partial charge in [-0.1, -0.05) is 0 Å². The van der Waals surface area contributed by atoms with Gasteiger partial charge in [0.1, 0.15) is 0 Å². The smallest absolute Gasteiger partial charge is 0.0813 e. The van der Waals surface area contributed by atoms with Crippen molar-refractivity contribution in [1.82, 2.24) is 0 Å². The lowest BCUT2D eigenvalue weighted by Gasteiger charge is -2.09. The first-order chi connectivity index (χ1) is 4.83. The van der Waals surface area contributed by atoms with E-state index in [2.05, 4.69) is 6.92 Å². The van der Waals surface area contributed by atoms with Crippen LogP contribution >= 0.6 is 0 Å². The molecule has 1 heterocycles. The summed E-state index contributed by atoms with van der Waals surface area (Å²) in [4.78, 5) is 0. The minimum Gasteiger partial charge on any atom is -0.379 e. The fourth-order valence-electron chi connectivity index (χ4n) is 1.15. The van der Waals surface area contributed by atoms with E-state index in [-0.39, 0.29) is 6.10 Å². The number of hydrogen-bond acceptors (Lipinski definition) is 2. The number of rotatable bonds is 3. The van der Waals surface area contributed by atoms with Crippen molar-refractivity contribution in [3.8, 4) is 0 Å². The summed E-state index contributed by atoms with van der Waals surface area (Å²) in [6, 6.07) is 0. The van der Waals surface area contributed by atoms with E-state index in [0.717, 1.165) is 26.1 Å². The van der Waals surface area contributed by atoms with Crippen LogP contribution in [0.1, 0.15) is 19.8 Å². The van der Waals surface area contributed by atoms with E-state index in [0.29, 0.717) is 6.10 Å². The van der Waals surface area contributed by atoms with Crippen LogP contribution in [0.3, 0.4) is 0 Å². The van der Waals surface area contributed by atoms with Gasteiger partial charge in [-0.25, -0.2) is 0 Å². The maximum Gasteiger partial charge on any atom is 0.0813 e. The lowest BCUT2D eigenvalue weighted by Crippen LogP contribution is -2.15. The third-order valence-electron chi connectivity index (χ3n) is 1.70. The maximum atomic E-state index is 5.43. The number of hydrogen-bond donors (Lipinski definition) is 0. The Morgan fingerprint density at radius 3 is 2.90 bits per heavy atom. The Morgan fingerprint density at radius 2 is 2.40 bits per heavy atom. The average Bonchev–Trinajstić information content (AvgIpc) is 2.31. The molecular formula is C8H15O2. The van der Waals surface area contributed by atoms with Crippen molar-refractivity contribution in [1.29, 1.82) is 0 Å². The van der Waals surface area contributed by atoms with Crippen molar-refractivity contribution in [2.45, 2.75) is 32.0 Å².